The minimum Gasteiger partial charge on any atom is -0.330 e. The number of thiazole rings is 1. The fourth-order valence-corrected chi connectivity index (χ4v) is 3.02. The van der Waals surface area contributed by atoms with Gasteiger partial charge in [-0.15, -0.1) is 11.3 Å². The van der Waals surface area contributed by atoms with Crippen LogP contribution in [0, 0.1) is 6.92 Å². The summed E-state index contributed by atoms with van der Waals surface area (Å²) in [5, 5.41) is 4.83. The molecule has 3 aromatic rings. The molecule has 0 bridgehead atoms. The largest absolute Gasteiger partial charge is 0.330 e. The number of anilines is 2. The third-order valence-electron chi connectivity index (χ3n) is 2.96. The number of rotatable bonds is 3. The Balaban J connectivity index is 1.92. The third-order valence-corrected chi connectivity index (χ3v) is 4.18. The van der Waals surface area contributed by atoms with E-state index in [-0.39, 0.29) is 0 Å². The highest BCUT2D eigenvalue weighted by Crippen LogP contribution is 2.33. The molecule has 0 aliphatic heterocycles. The molecule has 0 unspecified atom stereocenters. The van der Waals surface area contributed by atoms with E-state index >= 15 is 0 Å². The summed E-state index contributed by atoms with van der Waals surface area (Å²) in [5.41, 5.74) is 3.03. The maximum atomic E-state index is 6.15. The summed E-state index contributed by atoms with van der Waals surface area (Å²) in [7, 11) is 0. The Bertz CT molecular complexity index is 722. The molecule has 0 aliphatic carbocycles. The van der Waals surface area contributed by atoms with E-state index in [9.17, 15) is 0 Å². The maximum Gasteiger partial charge on any atom is 0.188 e. The molecule has 3 rings (SSSR count). The highest BCUT2D eigenvalue weighted by atomic mass is 35.5. The molecule has 2 nitrogen and oxygen atoms in total. The Morgan fingerprint density at radius 3 is 2.45 bits per heavy atom. The fourth-order valence-electron chi connectivity index (χ4n) is 1.99. The van der Waals surface area contributed by atoms with Crippen LogP contribution in [0.3, 0.4) is 0 Å². The Hall–Kier alpha value is -1.84. The molecule has 20 heavy (non-hydrogen) atoms. The van der Waals surface area contributed by atoms with Crippen LogP contribution in [0.4, 0.5) is 10.8 Å². The summed E-state index contributed by atoms with van der Waals surface area (Å²) in [6.07, 6.45) is 0. The lowest BCUT2D eigenvalue weighted by atomic mass is 10.1. The molecule has 0 saturated heterocycles. The lowest BCUT2D eigenvalue weighted by molar-refractivity contribution is 1.36. The molecular weight excluding hydrogens is 288 g/mol. The number of halogens is 1. The molecule has 0 saturated carbocycles. The summed E-state index contributed by atoms with van der Waals surface area (Å²) in [4.78, 5) is 5.85. The average Bonchev–Trinajstić information content (AvgIpc) is 2.83. The molecule has 0 atom stereocenters. The minimum absolute atomic E-state index is 0.696. The fraction of sp³-hybridized carbons (Fsp3) is 0.0625. The molecule has 4 heteroatoms. The Labute approximate surface area is 127 Å². The van der Waals surface area contributed by atoms with Crippen LogP contribution in [-0.4, -0.2) is 4.98 Å². The van der Waals surface area contributed by atoms with Gasteiger partial charge in [0.25, 0.3) is 0 Å². The summed E-state index contributed by atoms with van der Waals surface area (Å²) < 4.78 is 0. The summed E-state index contributed by atoms with van der Waals surface area (Å²) in [5.74, 6) is 0. The van der Waals surface area contributed by atoms with Gasteiger partial charge >= 0.3 is 0 Å². The first-order valence-corrected chi connectivity index (χ1v) is 7.48. The summed E-state index contributed by atoms with van der Waals surface area (Å²) in [6, 6.07) is 17.9. The topological polar surface area (TPSA) is 24.9 Å². The minimum atomic E-state index is 0.696. The number of aryl methyl sites for hydroxylation is 1. The van der Waals surface area contributed by atoms with Crippen molar-refractivity contribution < 1.29 is 0 Å². The monoisotopic (exact) mass is 300 g/mol. The molecular formula is C16H13ClN2S. The number of nitrogens with zero attached hydrogens (tertiary/aromatic N) is 1. The lowest BCUT2D eigenvalue weighted by Gasteiger charge is -2.03. The van der Waals surface area contributed by atoms with Gasteiger partial charge in [0, 0.05) is 10.4 Å². The van der Waals surface area contributed by atoms with Crippen LogP contribution in [0.2, 0.25) is 5.02 Å². The van der Waals surface area contributed by atoms with Crippen LogP contribution in [0.15, 0.2) is 54.6 Å². The van der Waals surface area contributed by atoms with Crippen molar-refractivity contribution in [2.75, 3.05) is 5.32 Å². The normalized spacial score (nSPS) is 10.5. The standard InChI is InChI=1S/C16H13ClN2S/c1-11-15(12-7-3-2-4-8-12)19-16(20-11)18-14-10-6-5-9-13(14)17/h2-10H,1H3,(H,18,19). The van der Waals surface area contributed by atoms with Gasteiger partial charge in [0.1, 0.15) is 0 Å². The van der Waals surface area contributed by atoms with E-state index in [0.717, 1.165) is 22.1 Å². The molecule has 0 radical (unpaired) electrons. The van der Waals surface area contributed by atoms with Crippen molar-refractivity contribution >= 4 is 33.8 Å². The Morgan fingerprint density at radius 1 is 1.00 bits per heavy atom. The quantitative estimate of drug-likeness (QED) is 0.689. The van der Waals surface area contributed by atoms with Crippen molar-refractivity contribution in [1.29, 1.82) is 0 Å². The zero-order chi connectivity index (χ0) is 13.9. The summed E-state index contributed by atoms with van der Waals surface area (Å²) >= 11 is 7.78. The second kappa shape index (κ2) is 5.65. The number of para-hydroxylation sites is 1. The van der Waals surface area contributed by atoms with Gasteiger partial charge < -0.3 is 5.32 Å². The van der Waals surface area contributed by atoms with E-state index in [1.165, 1.54) is 4.88 Å². The average molecular weight is 301 g/mol. The predicted octanol–water partition coefficient (Wildman–Crippen LogP) is 5.52. The predicted molar refractivity (Wildman–Crippen MR) is 87.0 cm³/mol. The van der Waals surface area contributed by atoms with Crippen molar-refractivity contribution in [2.24, 2.45) is 0 Å². The smallest absolute Gasteiger partial charge is 0.188 e. The van der Waals surface area contributed by atoms with E-state index in [2.05, 4.69) is 29.4 Å². The molecule has 0 fully saturated rings. The first-order valence-electron chi connectivity index (χ1n) is 6.28. The van der Waals surface area contributed by atoms with Gasteiger partial charge in [-0.05, 0) is 19.1 Å². The molecule has 0 amide bonds. The van der Waals surface area contributed by atoms with E-state index < -0.39 is 0 Å². The van der Waals surface area contributed by atoms with Crippen LogP contribution >= 0.6 is 22.9 Å². The molecule has 1 N–H and O–H groups in total. The second-order valence-electron chi connectivity index (χ2n) is 4.39. The molecule has 2 aromatic carbocycles. The van der Waals surface area contributed by atoms with E-state index in [1.54, 1.807) is 11.3 Å². The highest BCUT2D eigenvalue weighted by molar-refractivity contribution is 7.16. The SMILES string of the molecule is Cc1sc(Nc2ccccc2Cl)nc1-c1ccccc1. The van der Waals surface area contributed by atoms with Crippen molar-refractivity contribution in [3.8, 4) is 11.3 Å². The van der Waals surface area contributed by atoms with Crippen LogP contribution in [0.25, 0.3) is 11.3 Å². The summed E-state index contributed by atoms with van der Waals surface area (Å²) in [6.45, 7) is 2.08. The number of hydrogen-bond donors (Lipinski definition) is 1. The zero-order valence-electron chi connectivity index (χ0n) is 10.9. The maximum absolute atomic E-state index is 6.15. The molecule has 0 aliphatic rings. The Kier molecular flexibility index (Phi) is 3.72. The molecule has 1 aromatic heterocycles. The van der Waals surface area contributed by atoms with Crippen LogP contribution in [-0.2, 0) is 0 Å². The van der Waals surface area contributed by atoms with Gasteiger partial charge in [-0.2, -0.15) is 0 Å². The molecule has 1 heterocycles. The first kappa shape index (κ1) is 13.2. The van der Waals surface area contributed by atoms with Gasteiger partial charge in [0.05, 0.1) is 16.4 Å². The van der Waals surface area contributed by atoms with E-state index in [0.29, 0.717) is 5.02 Å². The van der Waals surface area contributed by atoms with Gasteiger partial charge in [0.15, 0.2) is 5.13 Å². The third kappa shape index (κ3) is 2.69. The highest BCUT2D eigenvalue weighted by Gasteiger charge is 2.10. The van der Waals surface area contributed by atoms with Crippen LogP contribution in [0.1, 0.15) is 4.88 Å². The zero-order valence-corrected chi connectivity index (χ0v) is 12.5. The number of aromatic nitrogens is 1. The van der Waals surface area contributed by atoms with Gasteiger partial charge in [0.2, 0.25) is 0 Å². The lowest BCUT2D eigenvalue weighted by Crippen LogP contribution is -1.90. The van der Waals surface area contributed by atoms with Crippen molar-refractivity contribution in [3.05, 3.63) is 64.5 Å². The van der Waals surface area contributed by atoms with Crippen molar-refractivity contribution in [1.82, 2.24) is 4.98 Å². The first-order chi connectivity index (χ1) is 9.74. The number of benzene rings is 2. The number of nitrogens with one attached hydrogen (secondary N) is 1. The van der Waals surface area contributed by atoms with Crippen LogP contribution < -0.4 is 5.32 Å². The number of hydrogen-bond acceptors (Lipinski definition) is 3. The van der Waals surface area contributed by atoms with E-state index in [4.69, 9.17) is 11.6 Å². The second-order valence-corrected chi connectivity index (χ2v) is 6.01. The van der Waals surface area contributed by atoms with E-state index in [1.807, 2.05) is 42.5 Å². The van der Waals surface area contributed by atoms with Crippen molar-refractivity contribution in [2.45, 2.75) is 6.92 Å². The Morgan fingerprint density at radius 2 is 1.70 bits per heavy atom. The molecule has 0 spiro atoms. The van der Waals surface area contributed by atoms with Gasteiger partial charge in [-0.25, -0.2) is 4.98 Å². The van der Waals surface area contributed by atoms with Crippen molar-refractivity contribution in [3.63, 3.8) is 0 Å². The van der Waals surface area contributed by atoms with Gasteiger partial charge in [-0.3, -0.25) is 0 Å². The van der Waals surface area contributed by atoms with Gasteiger partial charge in [-0.1, -0.05) is 54.1 Å². The molecule has 100 valence electrons. The van der Waals surface area contributed by atoms with Crippen LogP contribution in [0.5, 0.6) is 0 Å².